The topological polar surface area (TPSA) is 43.1 Å². The summed E-state index contributed by atoms with van der Waals surface area (Å²) in [6.07, 6.45) is 0. The fraction of sp³-hybridized carbons (Fsp3) is 0. The maximum Gasteiger partial charge on any atom is 1.00 e. The van der Waals surface area contributed by atoms with Gasteiger partial charge in [0.2, 0.25) is 0 Å². The number of hydrogen-bond donors (Lipinski definition) is 0. The molecule has 0 saturated carbocycles. The van der Waals surface area contributed by atoms with Gasteiger partial charge in [0.1, 0.15) is 0 Å². The van der Waals surface area contributed by atoms with Crippen LogP contribution < -0.4 is 15.9 Å². The van der Waals surface area contributed by atoms with Gasteiger partial charge in [-0.1, -0.05) is 103 Å². The zero-order chi connectivity index (χ0) is 20.5. The number of nitro benzene ring substituents is 1. The Labute approximate surface area is 192 Å². The third-order valence-corrected chi connectivity index (χ3v) is 6.43. The summed E-state index contributed by atoms with van der Waals surface area (Å²) in [7, 11) is -0.446. The van der Waals surface area contributed by atoms with Crippen molar-refractivity contribution in [3.8, 4) is 0 Å². The van der Waals surface area contributed by atoms with Crippen LogP contribution in [-0.4, -0.2) is 4.92 Å². The van der Waals surface area contributed by atoms with Crippen molar-refractivity contribution in [3.63, 3.8) is 0 Å². The average Bonchev–Trinajstić information content (AvgIpc) is 2.77. The van der Waals surface area contributed by atoms with Gasteiger partial charge in [0.05, 0.1) is 0 Å². The van der Waals surface area contributed by atoms with E-state index >= 15 is 0 Å². The summed E-state index contributed by atoms with van der Waals surface area (Å²) in [4.78, 5) is 9.27. The van der Waals surface area contributed by atoms with Crippen LogP contribution in [0.25, 0.3) is 0 Å². The Morgan fingerprint density at radius 1 is 0.667 bits per heavy atom. The van der Waals surface area contributed by atoms with E-state index in [0.717, 1.165) is 6.07 Å². The fourth-order valence-corrected chi connectivity index (χ4v) is 5.02. The Bertz CT molecular complexity index is 956. The molecule has 4 aromatic rings. The van der Waals surface area contributed by atoms with Crippen LogP contribution in [0.3, 0.4) is 0 Å². The normalized spacial score (nSPS) is 9.80. The van der Waals surface area contributed by atoms with Crippen molar-refractivity contribution in [3.05, 3.63) is 131 Å². The van der Waals surface area contributed by atoms with Gasteiger partial charge >= 0.3 is 22.4 Å². The Kier molecular flexibility index (Phi) is 9.59. The monoisotopic (exact) mass is 599 g/mol. The van der Waals surface area contributed by atoms with E-state index in [4.69, 9.17) is 0 Å². The van der Waals surface area contributed by atoms with E-state index in [1.54, 1.807) is 0 Å². The quantitative estimate of drug-likeness (QED) is 0.109. The minimum Gasteiger partial charge on any atom is -0.260 e. The van der Waals surface area contributed by atoms with Gasteiger partial charge in [0.25, 0.3) is 0 Å². The van der Waals surface area contributed by atoms with Crippen molar-refractivity contribution < 1.29 is 31.7 Å². The fourth-order valence-electron chi connectivity index (χ4n) is 2.71. The minimum absolute atomic E-state index is 0. The Morgan fingerprint density at radius 2 is 1.07 bits per heavy atom. The third-order valence-electron chi connectivity index (χ3n) is 3.98. The van der Waals surface area contributed by atoms with Gasteiger partial charge in [-0.2, -0.15) is 6.07 Å². The van der Waals surface area contributed by atoms with Crippen LogP contribution in [-0.2, 0) is 22.4 Å². The summed E-state index contributed by atoms with van der Waals surface area (Å²) in [5.74, 6) is -0.714. The third kappa shape index (κ3) is 6.72. The molecule has 0 heterocycles. The number of benzene rings is 4. The maximum absolute atomic E-state index is 12.2. The summed E-state index contributed by atoms with van der Waals surface area (Å²) in [6, 6.07) is 37.8. The van der Waals surface area contributed by atoms with Crippen LogP contribution in [0.5, 0.6) is 0 Å². The molecule has 0 atom stereocenters. The minimum atomic E-state index is -0.714. The van der Waals surface area contributed by atoms with Crippen molar-refractivity contribution in [1.82, 2.24) is 0 Å². The molecule has 0 unspecified atom stereocenters. The predicted octanol–water partition coefficient (Wildman–Crippen LogP) is 4.98. The van der Waals surface area contributed by atoms with Crippen LogP contribution in [0.1, 0.15) is 0 Å². The summed E-state index contributed by atoms with van der Waals surface area (Å²) in [5.41, 5.74) is -0.347. The van der Waals surface area contributed by atoms with E-state index in [1.807, 2.05) is 6.07 Å². The van der Waals surface area contributed by atoms with Gasteiger partial charge in [-0.3, -0.25) is 10.1 Å². The second-order valence-corrected chi connectivity index (χ2v) is 8.20. The number of hydrogen-bond acceptors (Lipinski definition) is 2. The van der Waals surface area contributed by atoms with E-state index in [2.05, 4.69) is 91.0 Å². The largest absolute Gasteiger partial charge is 1.00 e. The molecule has 4 aromatic carbocycles. The molecule has 3 nitrogen and oxygen atoms in total. The van der Waals surface area contributed by atoms with Gasteiger partial charge < -0.3 is 0 Å². The summed E-state index contributed by atoms with van der Waals surface area (Å²) >= 11 is 0. The smallest absolute Gasteiger partial charge is 0.260 e. The average molecular weight is 599 g/mol. The molecular weight excluding hydrogens is 581 g/mol. The van der Waals surface area contributed by atoms with Crippen molar-refractivity contribution in [2.45, 2.75) is 0 Å². The first-order valence-corrected chi connectivity index (χ1v) is 10.3. The van der Waals surface area contributed by atoms with Crippen LogP contribution >= 0.6 is 7.92 Å². The van der Waals surface area contributed by atoms with Crippen LogP contribution in [0.4, 0.5) is 10.1 Å². The van der Waals surface area contributed by atoms with Crippen molar-refractivity contribution in [1.29, 1.82) is 0 Å². The summed E-state index contributed by atoms with van der Waals surface area (Å²) in [5, 5.41) is 14.2. The maximum atomic E-state index is 12.2. The Morgan fingerprint density at radius 3 is 1.37 bits per heavy atom. The molecule has 0 amide bonds. The molecule has 0 N–H and O–H groups in total. The van der Waals surface area contributed by atoms with Gasteiger partial charge in [-0.15, -0.1) is 6.07 Å². The molecule has 0 spiro atoms. The molecule has 0 saturated heterocycles. The molecule has 4 rings (SSSR count). The zero-order valence-corrected chi connectivity index (χ0v) is 18.8. The second-order valence-electron chi connectivity index (χ2n) is 5.98. The van der Waals surface area contributed by atoms with Crippen molar-refractivity contribution >= 4 is 29.5 Å². The van der Waals surface area contributed by atoms with E-state index < -0.39 is 18.7 Å². The van der Waals surface area contributed by atoms with E-state index in [-0.39, 0.29) is 28.1 Å². The molecule has 0 aromatic heterocycles. The van der Waals surface area contributed by atoms with E-state index in [0.29, 0.717) is 0 Å². The van der Waals surface area contributed by atoms with Crippen molar-refractivity contribution in [2.75, 3.05) is 0 Å². The number of rotatable bonds is 4. The van der Waals surface area contributed by atoms with Gasteiger partial charge in [-0.25, -0.2) is 4.39 Å². The molecule has 154 valence electrons. The number of non-ortho nitro benzene ring substituents is 1. The molecule has 0 fully saturated rings. The van der Waals surface area contributed by atoms with Crippen LogP contribution in [0, 0.1) is 22.0 Å². The molecule has 30 heavy (non-hydrogen) atoms. The molecule has 0 aliphatic heterocycles. The first-order chi connectivity index (χ1) is 14.1. The number of halogens is 1. The van der Waals surface area contributed by atoms with Gasteiger partial charge in [-0.05, 0) is 23.8 Å². The molecule has 0 bridgehead atoms. The molecular formula is C24H18AuFNO2P. The zero-order valence-electron chi connectivity index (χ0n) is 15.8. The number of nitrogens with zero attached hydrogens (tertiary/aromatic N) is 1. The van der Waals surface area contributed by atoms with Crippen LogP contribution in [0.2, 0.25) is 0 Å². The summed E-state index contributed by atoms with van der Waals surface area (Å²) < 4.78 is 12.2. The Balaban J connectivity index is 0.000000249. The Hall–Kier alpha value is -2.62. The molecule has 0 radical (unpaired) electrons. The molecule has 0 aliphatic carbocycles. The first kappa shape index (κ1) is 23.7. The van der Waals surface area contributed by atoms with Gasteiger partial charge in [0.15, 0.2) is 5.69 Å². The second kappa shape index (κ2) is 12.2. The van der Waals surface area contributed by atoms with E-state index in [1.165, 1.54) is 28.0 Å². The standard InChI is InChI=1S/C18H15P.C6H3FNO2.Au/c1-4-10-16(11-5-1)19(17-12-6-2-7-13-17)18-14-8-3-9-15-18;7-5-2-1-3-6(4-5)8(9)10;/h1-15H;1-3H;/q;-1;+1. The van der Waals surface area contributed by atoms with Gasteiger partial charge in [0, 0.05) is 10.7 Å². The summed E-state index contributed by atoms with van der Waals surface area (Å²) in [6.45, 7) is 0. The SMILES string of the molecule is O=[N+]([O-])c1[c-]c(F)ccc1.[Au+].c1ccc(P(c2ccccc2)c2ccccc2)cc1. The van der Waals surface area contributed by atoms with Crippen molar-refractivity contribution in [2.24, 2.45) is 0 Å². The number of nitro groups is 1. The first-order valence-electron chi connectivity index (χ1n) is 8.92. The molecule has 0 aliphatic rings. The predicted molar refractivity (Wildman–Crippen MR) is 117 cm³/mol. The molecule has 6 heteroatoms. The van der Waals surface area contributed by atoms with Crippen LogP contribution in [0.15, 0.2) is 109 Å². The van der Waals surface area contributed by atoms with E-state index in [9.17, 15) is 14.5 Å².